The summed E-state index contributed by atoms with van der Waals surface area (Å²) in [6, 6.07) is 15.9. The molecule has 3 rings (SSSR count). The molecule has 1 saturated carbocycles. The smallest absolute Gasteiger partial charge is 0.239 e. The van der Waals surface area contributed by atoms with E-state index in [0.717, 1.165) is 29.1 Å². The van der Waals surface area contributed by atoms with Gasteiger partial charge in [0.25, 0.3) is 0 Å². The van der Waals surface area contributed by atoms with E-state index in [1.54, 1.807) is 7.11 Å². The van der Waals surface area contributed by atoms with E-state index in [4.69, 9.17) is 9.47 Å². The maximum absolute atomic E-state index is 12.1. The third-order valence-electron chi connectivity index (χ3n) is 5.39. The molecule has 2 N–H and O–H groups in total. The Kier molecular flexibility index (Phi) is 8.38. The lowest BCUT2D eigenvalue weighted by Crippen LogP contribution is -2.34. The number of hydrogen-bond acceptors (Lipinski definition) is 4. The molecular formula is C24H32N2O3. The molecule has 0 unspecified atom stereocenters. The number of carbonyl (C=O) groups excluding carboxylic acids is 1. The van der Waals surface area contributed by atoms with Crippen molar-refractivity contribution in [3.05, 3.63) is 59.7 Å². The van der Waals surface area contributed by atoms with Crippen molar-refractivity contribution in [3.8, 4) is 5.75 Å². The molecule has 0 bridgehead atoms. The zero-order valence-electron chi connectivity index (χ0n) is 17.3. The van der Waals surface area contributed by atoms with Crippen molar-refractivity contribution in [2.45, 2.75) is 45.3 Å². The molecule has 0 saturated heterocycles. The zero-order chi connectivity index (χ0) is 20.3. The van der Waals surface area contributed by atoms with Gasteiger partial charge in [-0.1, -0.05) is 43.5 Å². The molecule has 0 atom stereocenters. The fourth-order valence-electron chi connectivity index (χ4n) is 3.67. The lowest BCUT2D eigenvalue weighted by molar-refractivity contribution is -0.119. The number of amides is 1. The Morgan fingerprint density at radius 2 is 1.76 bits per heavy atom. The highest BCUT2D eigenvalue weighted by Crippen LogP contribution is 2.22. The van der Waals surface area contributed by atoms with Crippen LogP contribution in [-0.2, 0) is 22.7 Å². The molecular weight excluding hydrogens is 364 g/mol. The van der Waals surface area contributed by atoms with E-state index in [1.807, 2.05) is 48.5 Å². The minimum atomic E-state index is 0.0525. The Morgan fingerprint density at radius 3 is 2.52 bits per heavy atom. The van der Waals surface area contributed by atoms with Crippen LogP contribution in [0.4, 0.5) is 5.69 Å². The standard InChI is InChI=1S/C24H32N2O3/c1-28-23-12-10-20(11-13-23)17-29-18-21-8-5-9-22(14-21)25-16-24(27)26-15-19-6-3-2-4-7-19/h5,8-14,19,25H,2-4,6-7,15-18H2,1H3,(H,26,27). The summed E-state index contributed by atoms with van der Waals surface area (Å²) in [7, 11) is 1.66. The molecule has 1 aliphatic rings. The van der Waals surface area contributed by atoms with Crippen LogP contribution in [0.2, 0.25) is 0 Å². The average Bonchev–Trinajstić information content (AvgIpc) is 2.78. The van der Waals surface area contributed by atoms with Crippen molar-refractivity contribution >= 4 is 11.6 Å². The molecule has 2 aromatic carbocycles. The zero-order valence-corrected chi connectivity index (χ0v) is 17.3. The highest BCUT2D eigenvalue weighted by molar-refractivity contribution is 5.80. The predicted octanol–water partition coefficient (Wildman–Crippen LogP) is 4.52. The summed E-state index contributed by atoms with van der Waals surface area (Å²) in [6.07, 6.45) is 6.42. The van der Waals surface area contributed by atoms with Crippen LogP contribution >= 0.6 is 0 Å². The highest BCUT2D eigenvalue weighted by Gasteiger charge is 2.14. The molecule has 0 aromatic heterocycles. The van der Waals surface area contributed by atoms with E-state index in [0.29, 0.717) is 25.7 Å². The molecule has 1 aliphatic carbocycles. The lowest BCUT2D eigenvalue weighted by atomic mass is 9.89. The Bertz CT molecular complexity index is 755. The van der Waals surface area contributed by atoms with Crippen LogP contribution in [0.5, 0.6) is 5.75 Å². The first-order valence-electron chi connectivity index (χ1n) is 10.5. The van der Waals surface area contributed by atoms with Gasteiger partial charge in [-0.2, -0.15) is 0 Å². The van der Waals surface area contributed by atoms with E-state index in [9.17, 15) is 4.79 Å². The van der Waals surface area contributed by atoms with Crippen molar-refractivity contribution < 1.29 is 14.3 Å². The monoisotopic (exact) mass is 396 g/mol. The summed E-state index contributed by atoms with van der Waals surface area (Å²) in [6.45, 7) is 2.17. The van der Waals surface area contributed by atoms with Gasteiger partial charge in [-0.3, -0.25) is 4.79 Å². The number of rotatable bonds is 10. The Labute approximate surface area is 173 Å². The molecule has 156 valence electrons. The molecule has 5 heteroatoms. The fraction of sp³-hybridized carbons (Fsp3) is 0.458. The predicted molar refractivity (Wildman–Crippen MR) is 116 cm³/mol. The van der Waals surface area contributed by atoms with Crippen molar-refractivity contribution in [2.75, 3.05) is 25.5 Å². The summed E-state index contributed by atoms with van der Waals surface area (Å²) in [5.74, 6) is 1.55. The van der Waals surface area contributed by atoms with Crippen LogP contribution in [0, 0.1) is 5.92 Å². The van der Waals surface area contributed by atoms with Crippen LogP contribution in [0.25, 0.3) is 0 Å². The number of benzene rings is 2. The second-order valence-corrected chi connectivity index (χ2v) is 7.70. The fourth-order valence-corrected chi connectivity index (χ4v) is 3.67. The van der Waals surface area contributed by atoms with Crippen LogP contribution in [0.1, 0.15) is 43.2 Å². The first-order valence-corrected chi connectivity index (χ1v) is 10.5. The Morgan fingerprint density at radius 1 is 1.00 bits per heavy atom. The van der Waals surface area contributed by atoms with Gasteiger partial charge < -0.3 is 20.1 Å². The first kappa shape index (κ1) is 21.2. The second-order valence-electron chi connectivity index (χ2n) is 7.70. The molecule has 0 heterocycles. The summed E-state index contributed by atoms with van der Waals surface area (Å²) in [4.78, 5) is 12.1. The maximum Gasteiger partial charge on any atom is 0.239 e. The maximum atomic E-state index is 12.1. The number of hydrogen-bond donors (Lipinski definition) is 2. The van der Waals surface area contributed by atoms with Crippen LogP contribution in [0.3, 0.4) is 0 Å². The largest absolute Gasteiger partial charge is 0.497 e. The first-order chi connectivity index (χ1) is 14.2. The van der Waals surface area contributed by atoms with E-state index in [-0.39, 0.29) is 5.91 Å². The van der Waals surface area contributed by atoms with Gasteiger partial charge in [-0.05, 0) is 54.2 Å². The molecule has 1 amide bonds. The SMILES string of the molecule is COc1ccc(COCc2cccc(NCC(=O)NCC3CCCCC3)c2)cc1. The van der Waals surface area contributed by atoms with Gasteiger partial charge in [0, 0.05) is 12.2 Å². The van der Waals surface area contributed by atoms with Crippen molar-refractivity contribution in [2.24, 2.45) is 5.92 Å². The topological polar surface area (TPSA) is 59.6 Å². The van der Waals surface area contributed by atoms with E-state index >= 15 is 0 Å². The molecule has 0 spiro atoms. The third-order valence-corrected chi connectivity index (χ3v) is 5.39. The molecule has 0 radical (unpaired) electrons. The number of methoxy groups -OCH3 is 1. The summed E-state index contributed by atoms with van der Waals surface area (Å²) in [5.41, 5.74) is 3.12. The van der Waals surface area contributed by atoms with Gasteiger partial charge >= 0.3 is 0 Å². The number of carbonyl (C=O) groups is 1. The van der Waals surface area contributed by atoms with E-state index in [2.05, 4.69) is 10.6 Å². The van der Waals surface area contributed by atoms with Gasteiger partial charge in [-0.25, -0.2) is 0 Å². The van der Waals surface area contributed by atoms with Crippen molar-refractivity contribution in [1.82, 2.24) is 5.32 Å². The lowest BCUT2D eigenvalue weighted by Gasteiger charge is -2.21. The van der Waals surface area contributed by atoms with E-state index in [1.165, 1.54) is 32.1 Å². The summed E-state index contributed by atoms with van der Waals surface area (Å²) in [5, 5.41) is 6.27. The Hall–Kier alpha value is -2.53. The van der Waals surface area contributed by atoms with E-state index < -0.39 is 0 Å². The average molecular weight is 397 g/mol. The second kappa shape index (κ2) is 11.5. The van der Waals surface area contributed by atoms with Crippen LogP contribution in [0.15, 0.2) is 48.5 Å². The van der Waals surface area contributed by atoms with Gasteiger partial charge in [0.1, 0.15) is 5.75 Å². The molecule has 29 heavy (non-hydrogen) atoms. The molecule has 1 fully saturated rings. The van der Waals surface area contributed by atoms with Gasteiger partial charge in [0.15, 0.2) is 0 Å². The minimum Gasteiger partial charge on any atom is -0.497 e. The van der Waals surface area contributed by atoms with Gasteiger partial charge in [0.2, 0.25) is 5.91 Å². The van der Waals surface area contributed by atoms with Crippen molar-refractivity contribution in [3.63, 3.8) is 0 Å². The van der Waals surface area contributed by atoms with Crippen molar-refractivity contribution in [1.29, 1.82) is 0 Å². The summed E-state index contributed by atoms with van der Waals surface area (Å²) < 4.78 is 11.0. The minimum absolute atomic E-state index is 0.0525. The molecule has 2 aromatic rings. The Balaban J connectivity index is 1.37. The number of ether oxygens (including phenoxy) is 2. The summed E-state index contributed by atoms with van der Waals surface area (Å²) >= 11 is 0. The quantitative estimate of drug-likeness (QED) is 0.620. The van der Waals surface area contributed by atoms with Crippen LogP contribution < -0.4 is 15.4 Å². The van der Waals surface area contributed by atoms with Gasteiger partial charge in [-0.15, -0.1) is 0 Å². The van der Waals surface area contributed by atoms with Gasteiger partial charge in [0.05, 0.1) is 26.9 Å². The highest BCUT2D eigenvalue weighted by atomic mass is 16.5. The number of anilines is 1. The normalized spacial score (nSPS) is 14.4. The molecule has 0 aliphatic heterocycles. The number of nitrogens with one attached hydrogen (secondary N) is 2. The molecule has 5 nitrogen and oxygen atoms in total. The van der Waals surface area contributed by atoms with Crippen LogP contribution in [-0.4, -0.2) is 26.1 Å². The third kappa shape index (κ3) is 7.42.